The number of hydrogen-bond donors (Lipinski definition) is 4. The Labute approximate surface area is 223 Å². The number of nitrogens with one attached hydrogen (secondary N) is 4. The Kier molecular flexibility index (Phi) is 11.4. The van der Waals surface area contributed by atoms with Crippen molar-refractivity contribution in [2.24, 2.45) is 5.92 Å². The smallest absolute Gasteiger partial charge is 0.345 e. The molecular formula is C27H32F4N4O4. The van der Waals surface area contributed by atoms with Gasteiger partial charge in [-0.15, -0.1) is 0 Å². The lowest BCUT2D eigenvalue weighted by molar-refractivity contribution is -0.141. The molecule has 4 N–H and O–H groups in total. The van der Waals surface area contributed by atoms with Crippen molar-refractivity contribution in [3.8, 4) is 0 Å². The zero-order chi connectivity index (χ0) is 29.2. The molecule has 4 amide bonds. The fraction of sp³-hybridized carbons (Fsp3) is 0.407. The molecule has 8 nitrogen and oxygen atoms in total. The van der Waals surface area contributed by atoms with E-state index in [2.05, 4.69) is 21.3 Å². The largest absolute Gasteiger partial charge is 0.416 e. The van der Waals surface area contributed by atoms with Crippen molar-refractivity contribution < 1.29 is 36.7 Å². The van der Waals surface area contributed by atoms with Crippen LogP contribution >= 0.6 is 0 Å². The number of benzene rings is 2. The fourth-order valence-electron chi connectivity index (χ4n) is 3.70. The monoisotopic (exact) mass is 552 g/mol. The molecule has 0 spiro atoms. The van der Waals surface area contributed by atoms with E-state index in [1.54, 1.807) is 0 Å². The maximum atomic E-state index is 13.3. The molecule has 39 heavy (non-hydrogen) atoms. The van der Waals surface area contributed by atoms with E-state index < -0.39 is 65.4 Å². The minimum Gasteiger partial charge on any atom is -0.345 e. The molecule has 2 rings (SSSR count). The van der Waals surface area contributed by atoms with Gasteiger partial charge in [-0.3, -0.25) is 14.4 Å². The second-order valence-corrected chi connectivity index (χ2v) is 9.31. The molecule has 0 bridgehead atoms. The second-order valence-electron chi connectivity index (χ2n) is 9.31. The van der Waals surface area contributed by atoms with Gasteiger partial charge in [-0.05, 0) is 42.0 Å². The molecule has 1 unspecified atom stereocenters. The van der Waals surface area contributed by atoms with Crippen LogP contribution in [-0.2, 0) is 33.6 Å². The van der Waals surface area contributed by atoms with Crippen molar-refractivity contribution >= 4 is 23.6 Å². The van der Waals surface area contributed by atoms with Crippen molar-refractivity contribution in [3.05, 3.63) is 71.0 Å². The first-order valence-electron chi connectivity index (χ1n) is 12.4. The Morgan fingerprint density at radius 1 is 0.872 bits per heavy atom. The van der Waals surface area contributed by atoms with Gasteiger partial charge in [-0.25, -0.2) is 9.18 Å². The molecule has 0 fully saturated rings. The zero-order valence-electron chi connectivity index (χ0n) is 21.8. The summed E-state index contributed by atoms with van der Waals surface area (Å²) < 4.78 is 52.9. The molecule has 212 valence electrons. The fourth-order valence-corrected chi connectivity index (χ4v) is 3.70. The maximum absolute atomic E-state index is 13.3. The summed E-state index contributed by atoms with van der Waals surface area (Å²) in [6, 6.07) is 8.19. The van der Waals surface area contributed by atoms with Gasteiger partial charge in [0.05, 0.1) is 11.6 Å². The average Bonchev–Trinajstić information content (AvgIpc) is 2.88. The molecule has 0 aliphatic heterocycles. The van der Waals surface area contributed by atoms with Crippen LogP contribution in [0.2, 0.25) is 0 Å². The second kappa shape index (κ2) is 14.3. The number of ketones is 1. The van der Waals surface area contributed by atoms with Crippen molar-refractivity contribution in [1.29, 1.82) is 0 Å². The molecule has 0 aliphatic rings. The van der Waals surface area contributed by atoms with Crippen LogP contribution in [0.15, 0.2) is 48.5 Å². The van der Waals surface area contributed by atoms with E-state index >= 15 is 0 Å². The standard InChI is InChI=1S/C27H32F4N4O4/c1-4-21(23(36)25(38)32-15-18-10-11-19(28)13-20(18)27(29,30)31)34-24(37)22(12-16(2)3)35-26(39)33-14-17-8-6-5-7-9-17/h5-11,13,16,21-22H,4,12,14-15H2,1-3H3,(H,32,38)(H,34,37)(H2,33,35,39)/t21?,22-/m0/s1. The van der Waals surface area contributed by atoms with Gasteiger partial charge in [-0.2, -0.15) is 13.2 Å². The highest BCUT2D eigenvalue weighted by atomic mass is 19.4. The Balaban J connectivity index is 2.01. The van der Waals surface area contributed by atoms with E-state index in [1.807, 2.05) is 44.2 Å². The molecular weight excluding hydrogens is 520 g/mol. The number of Topliss-reactive ketones (excluding diaryl/α,β-unsaturated/α-hetero) is 1. The first-order chi connectivity index (χ1) is 18.3. The van der Waals surface area contributed by atoms with Crippen molar-refractivity contribution in [1.82, 2.24) is 21.3 Å². The minimum atomic E-state index is -4.86. The third kappa shape index (κ3) is 10.0. The number of alkyl halides is 3. The number of halogens is 4. The first kappa shape index (κ1) is 31.3. The van der Waals surface area contributed by atoms with E-state index in [0.29, 0.717) is 6.07 Å². The summed E-state index contributed by atoms with van der Waals surface area (Å²) in [6.45, 7) is 4.76. The van der Waals surface area contributed by atoms with Gasteiger partial charge >= 0.3 is 12.2 Å². The first-order valence-corrected chi connectivity index (χ1v) is 12.4. The topological polar surface area (TPSA) is 116 Å². The van der Waals surface area contributed by atoms with Crippen LogP contribution in [0.1, 0.15) is 50.3 Å². The number of amides is 4. The summed E-state index contributed by atoms with van der Waals surface area (Å²) >= 11 is 0. The highest BCUT2D eigenvalue weighted by Crippen LogP contribution is 2.32. The van der Waals surface area contributed by atoms with Crippen LogP contribution < -0.4 is 21.3 Å². The molecule has 2 aromatic carbocycles. The summed E-state index contributed by atoms with van der Waals surface area (Å²) in [6.07, 6.45) is -4.61. The summed E-state index contributed by atoms with van der Waals surface area (Å²) in [5.74, 6) is -4.08. The van der Waals surface area contributed by atoms with Crippen LogP contribution in [0.3, 0.4) is 0 Å². The van der Waals surface area contributed by atoms with Crippen LogP contribution in [0, 0.1) is 11.7 Å². The molecule has 0 saturated carbocycles. The van der Waals surface area contributed by atoms with Crippen LogP contribution in [-0.4, -0.2) is 35.7 Å². The van der Waals surface area contributed by atoms with E-state index in [0.717, 1.165) is 17.7 Å². The quantitative estimate of drug-likeness (QED) is 0.237. The predicted molar refractivity (Wildman–Crippen MR) is 136 cm³/mol. The van der Waals surface area contributed by atoms with Crippen molar-refractivity contribution in [2.75, 3.05) is 0 Å². The lowest BCUT2D eigenvalue weighted by Gasteiger charge is -2.23. The molecule has 12 heteroatoms. The maximum Gasteiger partial charge on any atom is 0.416 e. The van der Waals surface area contributed by atoms with Gasteiger partial charge in [0.25, 0.3) is 5.91 Å². The number of rotatable bonds is 12. The van der Waals surface area contributed by atoms with Crippen LogP contribution in [0.5, 0.6) is 0 Å². The Morgan fingerprint density at radius 3 is 2.13 bits per heavy atom. The van der Waals surface area contributed by atoms with Crippen molar-refractivity contribution in [3.63, 3.8) is 0 Å². The zero-order valence-corrected chi connectivity index (χ0v) is 21.8. The van der Waals surface area contributed by atoms with Gasteiger partial charge in [0.15, 0.2) is 0 Å². The normalized spacial score (nSPS) is 12.8. The number of urea groups is 1. The summed E-state index contributed by atoms with van der Waals surface area (Å²) in [5.41, 5.74) is -0.850. The van der Waals surface area contributed by atoms with Gasteiger partial charge in [0.2, 0.25) is 11.7 Å². The highest BCUT2D eigenvalue weighted by Gasteiger charge is 2.34. The number of carbonyl (C=O) groups excluding carboxylic acids is 4. The minimum absolute atomic E-state index is 0.00668. The number of carbonyl (C=O) groups is 4. The van der Waals surface area contributed by atoms with Gasteiger partial charge in [-0.1, -0.05) is 57.2 Å². The average molecular weight is 553 g/mol. The van der Waals surface area contributed by atoms with E-state index in [1.165, 1.54) is 6.92 Å². The summed E-state index contributed by atoms with van der Waals surface area (Å²) in [4.78, 5) is 50.5. The summed E-state index contributed by atoms with van der Waals surface area (Å²) in [7, 11) is 0. The van der Waals surface area contributed by atoms with E-state index in [4.69, 9.17) is 0 Å². The molecule has 0 radical (unpaired) electrons. The molecule has 0 heterocycles. The van der Waals surface area contributed by atoms with Crippen LogP contribution in [0.4, 0.5) is 22.4 Å². The Hall–Kier alpha value is -3.96. The number of hydrogen-bond acceptors (Lipinski definition) is 4. The Bertz CT molecular complexity index is 1160. The summed E-state index contributed by atoms with van der Waals surface area (Å²) in [5, 5.41) is 9.78. The van der Waals surface area contributed by atoms with E-state index in [-0.39, 0.29) is 25.3 Å². The molecule has 2 aromatic rings. The van der Waals surface area contributed by atoms with Crippen molar-refractivity contribution in [2.45, 2.75) is 65.0 Å². The molecule has 0 saturated heterocycles. The molecule has 0 aliphatic carbocycles. The molecule has 0 aromatic heterocycles. The van der Waals surface area contributed by atoms with E-state index in [9.17, 15) is 36.7 Å². The highest BCUT2D eigenvalue weighted by molar-refractivity contribution is 6.38. The lowest BCUT2D eigenvalue weighted by atomic mass is 10.0. The third-order valence-electron chi connectivity index (χ3n) is 5.71. The molecule has 2 atom stereocenters. The van der Waals surface area contributed by atoms with Gasteiger partial charge in [0, 0.05) is 13.1 Å². The lowest BCUT2D eigenvalue weighted by Crippen LogP contribution is -2.55. The van der Waals surface area contributed by atoms with Gasteiger partial charge in [0.1, 0.15) is 11.9 Å². The third-order valence-corrected chi connectivity index (χ3v) is 5.71. The Morgan fingerprint density at radius 2 is 1.54 bits per heavy atom. The van der Waals surface area contributed by atoms with Gasteiger partial charge < -0.3 is 21.3 Å². The predicted octanol–water partition coefficient (Wildman–Crippen LogP) is 3.84. The SMILES string of the molecule is CCC(NC(=O)[C@H](CC(C)C)NC(=O)NCc1ccccc1)C(=O)C(=O)NCc1ccc(F)cc1C(F)(F)F. The van der Waals surface area contributed by atoms with Crippen LogP contribution in [0.25, 0.3) is 0 Å².